The van der Waals surface area contributed by atoms with Crippen LogP contribution in [0.25, 0.3) is 0 Å². The van der Waals surface area contributed by atoms with Crippen LogP contribution in [0, 0.1) is 0 Å². The summed E-state index contributed by atoms with van der Waals surface area (Å²) in [5.74, 6) is -0.373. The van der Waals surface area contributed by atoms with Crippen LogP contribution in [0.4, 0.5) is 17.2 Å². The number of amides is 1. The van der Waals surface area contributed by atoms with Crippen molar-refractivity contribution in [2.45, 2.75) is 6.92 Å². The minimum absolute atomic E-state index is 0.183. The number of benzene rings is 2. The number of aromatic nitrogens is 2. The van der Waals surface area contributed by atoms with Gasteiger partial charge in [-0.1, -0.05) is 30.3 Å². The summed E-state index contributed by atoms with van der Waals surface area (Å²) >= 11 is 0. The summed E-state index contributed by atoms with van der Waals surface area (Å²) < 4.78 is 5.05. The highest BCUT2D eigenvalue weighted by Gasteiger charge is 2.13. The van der Waals surface area contributed by atoms with E-state index in [1.165, 1.54) is 12.4 Å². The molecule has 1 aromatic heterocycles. The molecule has 7 nitrogen and oxygen atoms in total. The third-order valence-electron chi connectivity index (χ3n) is 3.60. The van der Waals surface area contributed by atoms with Crippen molar-refractivity contribution in [3.63, 3.8) is 0 Å². The van der Waals surface area contributed by atoms with E-state index >= 15 is 0 Å². The number of nitrogens with zero attached hydrogens (tertiary/aromatic N) is 2. The Balaban J connectivity index is 1.71. The Morgan fingerprint density at radius 3 is 2.41 bits per heavy atom. The number of hydrogen-bond acceptors (Lipinski definition) is 6. The predicted molar refractivity (Wildman–Crippen MR) is 102 cm³/mol. The maximum atomic E-state index is 12.2. The summed E-state index contributed by atoms with van der Waals surface area (Å²) in [7, 11) is 0. The van der Waals surface area contributed by atoms with Crippen molar-refractivity contribution in [1.82, 2.24) is 9.97 Å². The third-order valence-corrected chi connectivity index (χ3v) is 3.60. The standard InChI is InChI=1S/C20H18N4O3/c1-2-27-20(26)15-10-6-7-11-16(15)24-18-13-21-17(12-22-18)19(25)23-14-8-4-3-5-9-14/h3-13H,2H2,1H3,(H,22,24)(H,23,25). The minimum Gasteiger partial charge on any atom is -0.462 e. The van der Waals surface area contributed by atoms with Gasteiger partial charge in [0.25, 0.3) is 5.91 Å². The lowest BCUT2D eigenvalue weighted by molar-refractivity contribution is 0.0527. The molecule has 2 aromatic carbocycles. The van der Waals surface area contributed by atoms with E-state index in [1.807, 2.05) is 18.2 Å². The minimum atomic E-state index is -0.424. The molecular weight excluding hydrogens is 344 g/mol. The first-order valence-corrected chi connectivity index (χ1v) is 8.39. The Morgan fingerprint density at radius 1 is 0.963 bits per heavy atom. The van der Waals surface area contributed by atoms with Gasteiger partial charge in [0.1, 0.15) is 11.5 Å². The number of carbonyl (C=O) groups is 2. The molecule has 0 aliphatic rings. The summed E-state index contributed by atoms with van der Waals surface area (Å²) in [5.41, 5.74) is 1.80. The molecule has 0 aliphatic carbocycles. The molecule has 0 bridgehead atoms. The van der Waals surface area contributed by atoms with E-state index in [1.54, 1.807) is 43.3 Å². The van der Waals surface area contributed by atoms with Crippen LogP contribution in [0.5, 0.6) is 0 Å². The molecule has 1 heterocycles. The first kappa shape index (κ1) is 18.1. The van der Waals surface area contributed by atoms with Crippen LogP contribution in [0.1, 0.15) is 27.8 Å². The molecule has 1 amide bonds. The van der Waals surface area contributed by atoms with Crippen LogP contribution in [0.3, 0.4) is 0 Å². The lowest BCUT2D eigenvalue weighted by Crippen LogP contribution is -2.14. The maximum absolute atomic E-state index is 12.2. The van der Waals surface area contributed by atoms with Gasteiger partial charge >= 0.3 is 5.97 Å². The summed E-state index contributed by atoms with van der Waals surface area (Å²) in [6.07, 6.45) is 2.80. The highest BCUT2D eigenvalue weighted by molar-refractivity contribution is 6.02. The SMILES string of the molecule is CCOC(=O)c1ccccc1Nc1cnc(C(=O)Nc2ccccc2)cn1. The van der Waals surface area contributed by atoms with E-state index in [2.05, 4.69) is 20.6 Å². The average Bonchev–Trinajstić information content (AvgIpc) is 2.70. The molecule has 0 fully saturated rings. The Labute approximate surface area is 156 Å². The van der Waals surface area contributed by atoms with Gasteiger partial charge in [-0.2, -0.15) is 0 Å². The van der Waals surface area contributed by atoms with Gasteiger partial charge in [0, 0.05) is 5.69 Å². The Kier molecular flexibility index (Phi) is 5.73. The van der Waals surface area contributed by atoms with Crippen LogP contribution in [-0.4, -0.2) is 28.5 Å². The molecule has 0 saturated carbocycles. The van der Waals surface area contributed by atoms with Gasteiger partial charge in [-0.3, -0.25) is 4.79 Å². The number of hydrogen-bond donors (Lipinski definition) is 2. The fourth-order valence-corrected chi connectivity index (χ4v) is 2.34. The molecular formula is C20H18N4O3. The average molecular weight is 362 g/mol. The summed E-state index contributed by atoms with van der Waals surface area (Å²) in [5, 5.41) is 5.76. The van der Waals surface area contributed by atoms with E-state index < -0.39 is 5.97 Å². The van der Waals surface area contributed by atoms with Crippen molar-refractivity contribution in [1.29, 1.82) is 0 Å². The van der Waals surface area contributed by atoms with Gasteiger partial charge in [0.15, 0.2) is 0 Å². The smallest absolute Gasteiger partial charge is 0.340 e. The Bertz CT molecular complexity index is 927. The van der Waals surface area contributed by atoms with Crippen LogP contribution in [0.2, 0.25) is 0 Å². The molecule has 2 N–H and O–H groups in total. The lowest BCUT2D eigenvalue weighted by Gasteiger charge is -2.10. The Morgan fingerprint density at radius 2 is 1.70 bits per heavy atom. The van der Waals surface area contributed by atoms with Crippen molar-refractivity contribution < 1.29 is 14.3 Å². The first-order chi connectivity index (χ1) is 13.2. The topological polar surface area (TPSA) is 93.2 Å². The molecule has 0 saturated heterocycles. The number of ether oxygens (including phenoxy) is 1. The highest BCUT2D eigenvalue weighted by Crippen LogP contribution is 2.20. The van der Waals surface area contributed by atoms with Crippen molar-refractivity contribution in [2.75, 3.05) is 17.2 Å². The van der Waals surface area contributed by atoms with Crippen molar-refractivity contribution in [3.8, 4) is 0 Å². The van der Waals surface area contributed by atoms with Gasteiger partial charge in [-0.05, 0) is 31.2 Å². The number of anilines is 3. The predicted octanol–water partition coefficient (Wildman–Crippen LogP) is 3.65. The number of esters is 1. The summed E-state index contributed by atoms with van der Waals surface area (Å²) in [4.78, 5) is 32.6. The molecule has 0 aliphatic heterocycles. The molecule has 3 aromatic rings. The largest absolute Gasteiger partial charge is 0.462 e. The fourth-order valence-electron chi connectivity index (χ4n) is 2.34. The second-order valence-electron chi connectivity index (χ2n) is 5.50. The second-order valence-corrected chi connectivity index (χ2v) is 5.50. The van der Waals surface area contributed by atoms with Crippen molar-refractivity contribution in [2.24, 2.45) is 0 Å². The highest BCUT2D eigenvalue weighted by atomic mass is 16.5. The van der Waals surface area contributed by atoms with Gasteiger partial charge in [0.2, 0.25) is 0 Å². The second kappa shape index (κ2) is 8.57. The maximum Gasteiger partial charge on any atom is 0.340 e. The molecule has 0 spiro atoms. The number of nitrogens with one attached hydrogen (secondary N) is 2. The molecule has 27 heavy (non-hydrogen) atoms. The molecule has 3 rings (SSSR count). The van der Waals surface area contributed by atoms with Crippen molar-refractivity contribution >= 4 is 29.1 Å². The lowest BCUT2D eigenvalue weighted by atomic mass is 10.2. The fraction of sp³-hybridized carbons (Fsp3) is 0.100. The van der Waals surface area contributed by atoms with Crippen LogP contribution >= 0.6 is 0 Å². The summed E-state index contributed by atoms with van der Waals surface area (Å²) in [6.45, 7) is 2.04. The zero-order valence-electron chi connectivity index (χ0n) is 14.7. The van der Waals surface area contributed by atoms with E-state index in [9.17, 15) is 9.59 Å². The monoisotopic (exact) mass is 362 g/mol. The van der Waals surface area contributed by atoms with Gasteiger partial charge in [0.05, 0.1) is 30.3 Å². The van der Waals surface area contributed by atoms with Crippen LogP contribution in [-0.2, 0) is 4.74 Å². The van der Waals surface area contributed by atoms with E-state index in [0.29, 0.717) is 22.8 Å². The number of rotatable bonds is 6. The Hall–Kier alpha value is -3.74. The zero-order valence-corrected chi connectivity index (χ0v) is 14.7. The van der Waals surface area contributed by atoms with Gasteiger partial charge < -0.3 is 15.4 Å². The van der Waals surface area contributed by atoms with Gasteiger partial charge in [-0.25, -0.2) is 14.8 Å². The quantitative estimate of drug-likeness (QED) is 0.650. The van der Waals surface area contributed by atoms with E-state index in [4.69, 9.17) is 4.74 Å². The van der Waals surface area contributed by atoms with Crippen LogP contribution in [0.15, 0.2) is 67.0 Å². The third kappa shape index (κ3) is 4.66. The normalized spacial score (nSPS) is 10.1. The molecule has 136 valence electrons. The molecule has 7 heteroatoms. The van der Waals surface area contributed by atoms with Crippen LogP contribution < -0.4 is 10.6 Å². The first-order valence-electron chi connectivity index (χ1n) is 8.39. The van der Waals surface area contributed by atoms with E-state index in [0.717, 1.165) is 0 Å². The molecule has 0 radical (unpaired) electrons. The summed E-state index contributed by atoms with van der Waals surface area (Å²) in [6, 6.07) is 16.0. The molecule has 0 unspecified atom stereocenters. The molecule has 0 atom stereocenters. The zero-order chi connectivity index (χ0) is 19.1. The number of carbonyl (C=O) groups excluding carboxylic acids is 2. The van der Waals surface area contributed by atoms with Crippen molar-refractivity contribution in [3.05, 3.63) is 78.2 Å². The van der Waals surface area contributed by atoms with Gasteiger partial charge in [-0.15, -0.1) is 0 Å². The van der Waals surface area contributed by atoms with E-state index in [-0.39, 0.29) is 18.2 Å². The number of para-hydroxylation sites is 2.